The van der Waals surface area contributed by atoms with Crippen molar-refractivity contribution >= 4 is 23.8 Å². The number of ether oxygens (including phenoxy) is 1. The van der Waals surface area contributed by atoms with Crippen molar-refractivity contribution in [3.8, 4) is 5.75 Å². The van der Waals surface area contributed by atoms with E-state index in [2.05, 4.69) is 22.1 Å². The Morgan fingerprint density at radius 1 is 1.08 bits per heavy atom. The van der Waals surface area contributed by atoms with Gasteiger partial charge in [0, 0.05) is 24.0 Å². The van der Waals surface area contributed by atoms with Gasteiger partial charge in [-0.15, -0.1) is 0 Å². The summed E-state index contributed by atoms with van der Waals surface area (Å²) in [6.07, 6.45) is 9.72. The van der Waals surface area contributed by atoms with Gasteiger partial charge < -0.3 is 10.5 Å². The molecule has 4 nitrogen and oxygen atoms in total. The fourth-order valence-electron chi connectivity index (χ4n) is 2.48. The van der Waals surface area contributed by atoms with Gasteiger partial charge in [-0.05, 0) is 35.7 Å². The van der Waals surface area contributed by atoms with Crippen LogP contribution < -0.4 is 10.5 Å². The molecular formula is C21H20ClN3O. The van der Waals surface area contributed by atoms with Crippen molar-refractivity contribution in [2.24, 2.45) is 5.73 Å². The average Bonchev–Trinajstić information content (AvgIpc) is 2.68. The highest BCUT2D eigenvalue weighted by Crippen LogP contribution is 2.21. The molecule has 0 radical (unpaired) electrons. The van der Waals surface area contributed by atoms with Gasteiger partial charge in [0.2, 0.25) is 0 Å². The molecule has 0 amide bonds. The topological polar surface area (TPSA) is 61.0 Å². The fraction of sp³-hybridized carbons (Fsp3) is 0.143. The average molecular weight is 366 g/mol. The fourth-order valence-corrected chi connectivity index (χ4v) is 2.65. The van der Waals surface area contributed by atoms with E-state index in [9.17, 15) is 0 Å². The second kappa shape index (κ2) is 9.13. The van der Waals surface area contributed by atoms with Crippen LogP contribution >= 0.6 is 11.6 Å². The molecule has 0 aliphatic rings. The van der Waals surface area contributed by atoms with E-state index in [0.29, 0.717) is 17.5 Å². The molecule has 26 heavy (non-hydrogen) atoms. The van der Waals surface area contributed by atoms with Crippen LogP contribution in [0.3, 0.4) is 0 Å². The molecule has 5 heteroatoms. The molecular weight excluding hydrogens is 346 g/mol. The van der Waals surface area contributed by atoms with Crippen LogP contribution in [0, 0.1) is 0 Å². The maximum absolute atomic E-state index is 6.18. The third kappa shape index (κ3) is 5.41. The van der Waals surface area contributed by atoms with E-state index in [1.165, 1.54) is 5.56 Å². The molecule has 0 saturated heterocycles. The number of nitrogens with two attached hydrogens (primary N) is 1. The van der Waals surface area contributed by atoms with Crippen molar-refractivity contribution in [2.45, 2.75) is 12.5 Å². The van der Waals surface area contributed by atoms with Crippen LogP contribution in [0.2, 0.25) is 5.15 Å². The quantitative estimate of drug-likeness (QED) is 0.636. The maximum atomic E-state index is 6.18. The number of nitrogens with zero attached hydrogens (tertiary/aromatic N) is 2. The molecule has 0 aliphatic heterocycles. The summed E-state index contributed by atoms with van der Waals surface area (Å²) >= 11 is 6.18. The summed E-state index contributed by atoms with van der Waals surface area (Å²) in [5, 5.41) is 0.427. The lowest BCUT2D eigenvalue weighted by atomic mass is 10.1. The minimum atomic E-state index is -0.0936. The molecule has 1 atom stereocenters. The summed E-state index contributed by atoms with van der Waals surface area (Å²) in [6, 6.07) is 15.7. The number of halogens is 1. The van der Waals surface area contributed by atoms with E-state index in [1.54, 1.807) is 18.6 Å². The van der Waals surface area contributed by atoms with Crippen molar-refractivity contribution in [1.82, 2.24) is 9.97 Å². The summed E-state index contributed by atoms with van der Waals surface area (Å²) in [5.41, 5.74) is 9.18. The van der Waals surface area contributed by atoms with Crippen LogP contribution in [-0.2, 0) is 6.42 Å². The van der Waals surface area contributed by atoms with Gasteiger partial charge in [0.05, 0.1) is 6.20 Å². The monoisotopic (exact) mass is 365 g/mol. The Balaban J connectivity index is 1.61. The Bertz CT molecular complexity index is 854. The van der Waals surface area contributed by atoms with Gasteiger partial charge in [0.15, 0.2) is 0 Å². The first-order valence-electron chi connectivity index (χ1n) is 8.36. The first-order valence-corrected chi connectivity index (χ1v) is 8.74. The van der Waals surface area contributed by atoms with Gasteiger partial charge in [-0.3, -0.25) is 4.98 Å². The first kappa shape index (κ1) is 18.1. The smallest absolute Gasteiger partial charge is 0.138 e. The lowest BCUT2D eigenvalue weighted by Crippen LogP contribution is -2.30. The highest BCUT2D eigenvalue weighted by atomic mass is 35.5. The zero-order valence-electron chi connectivity index (χ0n) is 14.3. The van der Waals surface area contributed by atoms with Crippen LogP contribution in [0.4, 0.5) is 0 Å². The molecule has 2 aromatic heterocycles. The highest BCUT2D eigenvalue weighted by Gasteiger charge is 2.07. The minimum Gasteiger partial charge on any atom is -0.490 e. The molecule has 3 rings (SSSR count). The number of hydrogen-bond donors (Lipinski definition) is 1. The number of pyridine rings is 2. The molecule has 0 saturated carbocycles. The SMILES string of the molecule is N[C@H](COc1cnc(Cl)c(/C=C/c2ccncc2)c1)Cc1ccccc1. The number of rotatable bonds is 7. The second-order valence-electron chi connectivity index (χ2n) is 5.93. The molecule has 132 valence electrons. The summed E-state index contributed by atoms with van der Waals surface area (Å²) in [5.74, 6) is 0.646. The van der Waals surface area contributed by atoms with Gasteiger partial charge in [-0.1, -0.05) is 54.1 Å². The molecule has 0 spiro atoms. The second-order valence-corrected chi connectivity index (χ2v) is 6.28. The molecule has 0 fully saturated rings. The van der Waals surface area contributed by atoms with E-state index in [1.807, 2.05) is 48.6 Å². The third-order valence-corrected chi connectivity index (χ3v) is 4.12. The highest BCUT2D eigenvalue weighted by molar-refractivity contribution is 6.31. The van der Waals surface area contributed by atoms with E-state index in [0.717, 1.165) is 17.5 Å². The van der Waals surface area contributed by atoms with Crippen molar-refractivity contribution in [1.29, 1.82) is 0 Å². The normalized spacial score (nSPS) is 12.2. The van der Waals surface area contributed by atoms with Crippen molar-refractivity contribution in [3.05, 3.63) is 89.0 Å². The van der Waals surface area contributed by atoms with Crippen LogP contribution in [0.15, 0.2) is 67.1 Å². The van der Waals surface area contributed by atoms with Gasteiger partial charge in [-0.2, -0.15) is 0 Å². The zero-order valence-corrected chi connectivity index (χ0v) is 15.0. The third-order valence-electron chi connectivity index (χ3n) is 3.81. The van der Waals surface area contributed by atoms with Crippen LogP contribution in [0.1, 0.15) is 16.7 Å². The number of aromatic nitrogens is 2. The maximum Gasteiger partial charge on any atom is 0.138 e. The van der Waals surface area contributed by atoms with Crippen LogP contribution in [-0.4, -0.2) is 22.6 Å². The molecule has 0 bridgehead atoms. The van der Waals surface area contributed by atoms with E-state index in [-0.39, 0.29) is 6.04 Å². The van der Waals surface area contributed by atoms with Crippen LogP contribution in [0.5, 0.6) is 5.75 Å². The molecule has 3 aromatic rings. The van der Waals surface area contributed by atoms with Crippen molar-refractivity contribution < 1.29 is 4.74 Å². The number of benzene rings is 1. The zero-order chi connectivity index (χ0) is 18.2. The Labute approximate surface area is 158 Å². The lowest BCUT2D eigenvalue weighted by molar-refractivity contribution is 0.286. The Morgan fingerprint density at radius 3 is 2.62 bits per heavy atom. The summed E-state index contributed by atoms with van der Waals surface area (Å²) in [7, 11) is 0. The summed E-state index contributed by atoms with van der Waals surface area (Å²) in [6.45, 7) is 0.408. The largest absolute Gasteiger partial charge is 0.490 e. The van der Waals surface area contributed by atoms with E-state index >= 15 is 0 Å². The Hall–Kier alpha value is -2.69. The molecule has 2 heterocycles. The summed E-state index contributed by atoms with van der Waals surface area (Å²) in [4.78, 5) is 8.19. The first-order chi connectivity index (χ1) is 12.7. The molecule has 0 aliphatic carbocycles. The van der Waals surface area contributed by atoms with Crippen molar-refractivity contribution in [3.63, 3.8) is 0 Å². The number of hydrogen-bond acceptors (Lipinski definition) is 4. The molecule has 1 aromatic carbocycles. The van der Waals surface area contributed by atoms with Gasteiger partial charge in [0.1, 0.15) is 17.5 Å². The van der Waals surface area contributed by atoms with E-state index in [4.69, 9.17) is 22.1 Å². The minimum absolute atomic E-state index is 0.0936. The van der Waals surface area contributed by atoms with E-state index < -0.39 is 0 Å². The standard InChI is InChI=1S/C21H20ClN3O/c22-21-18(7-6-16-8-10-24-11-9-16)13-20(14-25-21)26-15-19(23)12-17-4-2-1-3-5-17/h1-11,13-14,19H,12,15,23H2/b7-6+/t19-/m0/s1. The van der Waals surface area contributed by atoms with Gasteiger partial charge >= 0.3 is 0 Å². The predicted octanol–water partition coefficient (Wildman–Crippen LogP) is 4.25. The van der Waals surface area contributed by atoms with Crippen molar-refractivity contribution in [2.75, 3.05) is 6.61 Å². The Kier molecular flexibility index (Phi) is 6.36. The predicted molar refractivity (Wildman–Crippen MR) is 106 cm³/mol. The van der Waals surface area contributed by atoms with Gasteiger partial charge in [-0.25, -0.2) is 4.98 Å². The molecule has 0 unspecified atom stereocenters. The summed E-state index contributed by atoms with van der Waals surface area (Å²) < 4.78 is 5.80. The molecule has 2 N–H and O–H groups in total. The Morgan fingerprint density at radius 2 is 1.85 bits per heavy atom. The lowest BCUT2D eigenvalue weighted by Gasteiger charge is -2.13. The van der Waals surface area contributed by atoms with Gasteiger partial charge in [0.25, 0.3) is 0 Å². The van der Waals surface area contributed by atoms with Crippen LogP contribution in [0.25, 0.3) is 12.2 Å².